The van der Waals surface area contributed by atoms with E-state index in [-0.39, 0.29) is 0 Å². The van der Waals surface area contributed by atoms with Gasteiger partial charge in [0.25, 0.3) is 0 Å². The van der Waals surface area contributed by atoms with Crippen molar-refractivity contribution in [1.82, 2.24) is 14.9 Å². The summed E-state index contributed by atoms with van der Waals surface area (Å²) in [6, 6.07) is 4.97. The molecule has 0 amide bonds. The van der Waals surface area contributed by atoms with Crippen LogP contribution in [-0.4, -0.2) is 15.6 Å². The monoisotopic (exact) mass is 277 g/mol. The number of rotatable bonds is 6. The van der Waals surface area contributed by atoms with Crippen molar-refractivity contribution in [3.05, 3.63) is 39.6 Å². The number of nitrogens with one attached hydrogen (secondary N) is 1. The van der Waals surface area contributed by atoms with E-state index >= 15 is 0 Å². The zero-order chi connectivity index (χ0) is 13.8. The number of imidazole rings is 1. The third-order valence-electron chi connectivity index (χ3n) is 3.21. The number of hydrogen-bond acceptors (Lipinski definition) is 3. The molecule has 0 aromatic carbocycles. The van der Waals surface area contributed by atoms with Crippen LogP contribution in [0.1, 0.15) is 42.0 Å². The lowest BCUT2D eigenvalue weighted by Gasteiger charge is -2.12. The van der Waals surface area contributed by atoms with E-state index in [1.807, 2.05) is 17.5 Å². The van der Waals surface area contributed by atoms with Gasteiger partial charge in [-0.15, -0.1) is 11.3 Å². The van der Waals surface area contributed by atoms with Gasteiger partial charge in [0.2, 0.25) is 0 Å². The topological polar surface area (TPSA) is 29.9 Å². The summed E-state index contributed by atoms with van der Waals surface area (Å²) in [7, 11) is 0. The highest BCUT2D eigenvalue weighted by Crippen LogP contribution is 2.19. The molecule has 0 unspecified atom stereocenters. The lowest BCUT2D eigenvalue weighted by molar-refractivity contribution is 0.562. The molecule has 2 aromatic heterocycles. The molecule has 2 rings (SSSR count). The molecule has 0 aliphatic carbocycles. The fraction of sp³-hybridized carbons (Fsp3) is 0.533. The summed E-state index contributed by atoms with van der Waals surface area (Å²) < 4.78 is 2.31. The van der Waals surface area contributed by atoms with Crippen molar-refractivity contribution in [3.63, 3.8) is 0 Å². The first kappa shape index (κ1) is 14.3. The molecule has 0 spiro atoms. The largest absolute Gasteiger partial charge is 0.326 e. The van der Waals surface area contributed by atoms with Crippen molar-refractivity contribution < 1.29 is 0 Å². The minimum atomic E-state index is 0.497. The summed E-state index contributed by atoms with van der Waals surface area (Å²) in [6.07, 6.45) is 3.11. The van der Waals surface area contributed by atoms with Crippen molar-refractivity contribution in [2.24, 2.45) is 0 Å². The van der Waals surface area contributed by atoms with E-state index in [4.69, 9.17) is 0 Å². The third kappa shape index (κ3) is 3.67. The molecule has 0 bridgehead atoms. The minimum absolute atomic E-state index is 0.497. The molecule has 0 aliphatic heterocycles. The molecule has 19 heavy (non-hydrogen) atoms. The Bertz CT molecular complexity index is 525. The molecule has 3 nitrogen and oxygen atoms in total. The van der Waals surface area contributed by atoms with Gasteiger partial charge in [0.1, 0.15) is 5.82 Å². The standard InChI is InChI=1S/C15H23N3S/c1-5-14-6-7-15(19-14)10-18-12(4)17-9-13(18)8-16-11(2)3/h6-7,9,11,16H,5,8,10H2,1-4H3. The maximum absolute atomic E-state index is 4.45. The Morgan fingerprint density at radius 1 is 1.32 bits per heavy atom. The molecule has 0 aliphatic rings. The normalized spacial score (nSPS) is 11.4. The second kappa shape index (κ2) is 6.35. The first-order valence-corrected chi connectivity index (χ1v) is 7.73. The summed E-state index contributed by atoms with van der Waals surface area (Å²) in [5.41, 5.74) is 1.26. The van der Waals surface area contributed by atoms with E-state index in [2.05, 4.69) is 54.7 Å². The van der Waals surface area contributed by atoms with Gasteiger partial charge in [-0.2, -0.15) is 0 Å². The van der Waals surface area contributed by atoms with Crippen molar-refractivity contribution >= 4 is 11.3 Å². The van der Waals surface area contributed by atoms with Gasteiger partial charge in [0, 0.05) is 28.5 Å². The number of aryl methyl sites for hydroxylation is 2. The number of nitrogens with zero attached hydrogens (tertiary/aromatic N) is 2. The van der Waals surface area contributed by atoms with Crippen LogP contribution in [0.25, 0.3) is 0 Å². The smallest absolute Gasteiger partial charge is 0.106 e. The highest BCUT2D eigenvalue weighted by Gasteiger charge is 2.09. The van der Waals surface area contributed by atoms with Crippen LogP contribution in [0.15, 0.2) is 18.3 Å². The van der Waals surface area contributed by atoms with Crippen LogP contribution in [0.4, 0.5) is 0 Å². The molecule has 4 heteroatoms. The van der Waals surface area contributed by atoms with Crippen LogP contribution in [0, 0.1) is 6.92 Å². The van der Waals surface area contributed by atoms with E-state index in [1.54, 1.807) is 0 Å². The molecule has 0 saturated heterocycles. The van der Waals surface area contributed by atoms with E-state index in [0.29, 0.717) is 6.04 Å². The summed E-state index contributed by atoms with van der Waals surface area (Å²) in [5, 5.41) is 3.46. The molecule has 0 radical (unpaired) electrons. The Morgan fingerprint density at radius 2 is 2.05 bits per heavy atom. The van der Waals surface area contributed by atoms with Crippen molar-refractivity contribution in [2.45, 2.75) is 53.2 Å². The Balaban J connectivity index is 2.12. The second-order valence-corrected chi connectivity index (χ2v) is 6.39. The van der Waals surface area contributed by atoms with E-state index < -0.39 is 0 Å². The molecule has 1 N–H and O–H groups in total. The second-order valence-electron chi connectivity index (χ2n) is 5.14. The Labute approximate surface area is 119 Å². The van der Waals surface area contributed by atoms with Crippen LogP contribution in [0.5, 0.6) is 0 Å². The molecule has 104 valence electrons. The van der Waals surface area contributed by atoms with Crippen LogP contribution in [-0.2, 0) is 19.5 Å². The van der Waals surface area contributed by atoms with Crippen LogP contribution in [0.2, 0.25) is 0 Å². The van der Waals surface area contributed by atoms with Crippen molar-refractivity contribution in [3.8, 4) is 0 Å². The fourth-order valence-electron chi connectivity index (χ4n) is 2.03. The average molecular weight is 277 g/mol. The zero-order valence-electron chi connectivity index (χ0n) is 12.2. The fourth-order valence-corrected chi connectivity index (χ4v) is 2.98. The van der Waals surface area contributed by atoms with Gasteiger partial charge in [-0.25, -0.2) is 4.98 Å². The molecule has 0 atom stereocenters. The highest BCUT2D eigenvalue weighted by molar-refractivity contribution is 7.11. The van der Waals surface area contributed by atoms with Gasteiger partial charge in [-0.1, -0.05) is 20.8 Å². The van der Waals surface area contributed by atoms with Gasteiger partial charge in [-0.3, -0.25) is 0 Å². The van der Waals surface area contributed by atoms with Crippen LogP contribution < -0.4 is 5.32 Å². The Kier molecular flexibility index (Phi) is 4.77. The number of aromatic nitrogens is 2. The summed E-state index contributed by atoms with van der Waals surface area (Å²) in [4.78, 5) is 7.30. The first-order chi connectivity index (χ1) is 9.10. The van der Waals surface area contributed by atoms with Gasteiger partial charge in [0.05, 0.1) is 12.2 Å². The Hall–Kier alpha value is -1.13. The molecular formula is C15H23N3S. The van der Waals surface area contributed by atoms with Crippen LogP contribution >= 0.6 is 11.3 Å². The van der Waals surface area contributed by atoms with Gasteiger partial charge >= 0.3 is 0 Å². The Morgan fingerprint density at radius 3 is 2.68 bits per heavy atom. The number of hydrogen-bond donors (Lipinski definition) is 1. The van der Waals surface area contributed by atoms with Crippen molar-refractivity contribution in [2.75, 3.05) is 0 Å². The van der Waals surface area contributed by atoms with E-state index in [0.717, 1.165) is 25.3 Å². The summed E-state index contributed by atoms with van der Waals surface area (Å²) >= 11 is 1.90. The summed E-state index contributed by atoms with van der Waals surface area (Å²) in [5.74, 6) is 1.09. The molecule has 2 heterocycles. The van der Waals surface area contributed by atoms with E-state index in [1.165, 1.54) is 15.4 Å². The zero-order valence-corrected chi connectivity index (χ0v) is 13.0. The maximum atomic E-state index is 4.45. The number of thiophene rings is 1. The van der Waals surface area contributed by atoms with Gasteiger partial charge in [-0.05, 0) is 25.5 Å². The molecule has 2 aromatic rings. The minimum Gasteiger partial charge on any atom is -0.326 e. The third-order valence-corrected chi connectivity index (χ3v) is 4.42. The molecular weight excluding hydrogens is 254 g/mol. The quantitative estimate of drug-likeness (QED) is 0.877. The van der Waals surface area contributed by atoms with E-state index in [9.17, 15) is 0 Å². The summed E-state index contributed by atoms with van der Waals surface area (Å²) in [6.45, 7) is 10.4. The van der Waals surface area contributed by atoms with Gasteiger partial charge in [0.15, 0.2) is 0 Å². The first-order valence-electron chi connectivity index (χ1n) is 6.92. The SMILES string of the molecule is CCc1ccc(Cn2c(CNC(C)C)cnc2C)s1. The molecule has 0 fully saturated rings. The lowest BCUT2D eigenvalue weighted by Crippen LogP contribution is -2.23. The average Bonchev–Trinajstić information content (AvgIpc) is 2.96. The lowest BCUT2D eigenvalue weighted by atomic mass is 10.3. The van der Waals surface area contributed by atoms with Crippen molar-refractivity contribution in [1.29, 1.82) is 0 Å². The maximum Gasteiger partial charge on any atom is 0.106 e. The predicted octanol–water partition coefficient (Wildman–Crippen LogP) is 3.36. The van der Waals surface area contributed by atoms with Gasteiger partial charge < -0.3 is 9.88 Å². The predicted molar refractivity (Wildman–Crippen MR) is 81.7 cm³/mol. The highest BCUT2D eigenvalue weighted by atomic mass is 32.1. The van der Waals surface area contributed by atoms with Crippen LogP contribution in [0.3, 0.4) is 0 Å². The molecule has 0 saturated carbocycles.